The van der Waals surface area contributed by atoms with Crippen molar-refractivity contribution >= 4 is 16.8 Å². The number of hydrogen-bond donors (Lipinski definition) is 0. The average molecular weight is 322 g/mol. The number of fused-ring (bicyclic) bond motifs is 1. The van der Waals surface area contributed by atoms with Gasteiger partial charge in [0.1, 0.15) is 11.9 Å². The summed E-state index contributed by atoms with van der Waals surface area (Å²) in [4.78, 5) is 18.4. The normalized spacial score (nSPS) is 14.5. The van der Waals surface area contributed by atoms with E-state index >= 15 is 0 Å². The number of rotatable bonds is 3. The highest BCUT2D eigenvalue weighted by atomic mass is 19.1. The molecule has 1 saturated heterocycles. The lowest BCUT2D eigenvalue weighted by atomic mass is 10.1. The molecule has 0 unspecified atom stereocenters. The lowest BCUT2D eigenvalue weighted by Crippen LogP contribution is -2.56. The smallest absolute Gasteiger partial charge is 0.254 e. The molecule has 0 saturated carbocycles. The summed E-state index contributed by atoms with van der Waals surface area (Å²) in [5.74, 6) is 0.104. The lowest BCUT2D eigenvalue weighted by molar-refractivity contribution is 0.0161. The Labute approximate surface area is 138 Å². The molecule has 120 valence electrons. The third-order valence-electron chi connectivity index (χ3n) is 4.09. The van der Waals surface area contributed by atoms with E-state index in [0.717, 1.165) is 10.9 Å². The summed E-state index contributed by atoms with van der Waals surface area (Å²) in [6.45, 7) is 1.01. The van der Waals surface area contributed by atoms with Crippen molar-refractivity contribution in [1.82, 2.24) is 9.88 Å². The van der Waals surface area contributed by atoms with Gasteiger partial charge in [-0.3, -0.25) is 4.79 Å². The molecule has 0 radical (unpaired) electrons. The van der Waals surface area contributed by atoms with Crippen LogP contribution in [-0.4, -0.2) is 35.0 Å². The molecule has 0 N–H and O–H groups in total. The number of benzene rings is 2. The van der Waals surface area contributed by atoms with Crippen LogP contribution in [0.1, 0.15) is 10.4 Å². The second-order valence-corrected chi connectivity index (χ2v) is 5.80. The van der Waals surface area contributed by atoms with Crippen LogP contribution < -0.4 is 4.74 Å². The van der Waals surface area contributed by atoms with E-state index in [1.165, 1.54) is 24.3 Å². The molecule has 2 aromatic carbocycles. The molecule has 1 fully saturated rings. The molecule has 2 heterocycles. The van der Waals surface area contributed by atoms with Crippen LogP contribution >= 0.6 is 0 Å². The standard InChI is InChI=1S/C19H15FN2O2/c20-15-8-5-14(6-9-15)19(23)22-11-16(12-22)24-18-10-7-13-3-1-2-4-17(13)21-18/h1-10,16H,11-12H2. The van der Waals surface area contributed by atoms with Gasteiger partial charge in [-0.25, -0.2) is 9.37 Å². The monoisotopic (exact) mass is 322 g/mol. The Kier molecular flexibility index (Phi) is 3.61. The minimum absolute atomic E-state index is 0.0666. The minimum atomic E-state index is -0.348. The molecule has 4 nitrogen and oxygen atoms in total. The van der Waals surface area contributed by atoms with Crippen LogP contribution in [0.15, 0.2) is 60.7 Å². The maximum absolute atomic E-state index is 12.9. The second kappa shape index (κ2) is 5.92. The molecule has 1 aromatic heterocycles. The van der Waals surface area contributed by atoms with Gasteiger partial charge in [-0.2, -0.15) is 0 Å². The Hall–Kier alpha value is -2.95. The number of carbonyl (C=O) groups excluding carboxylic acids is 1. The van der Waals surface area contributed by atoms with Crippen LogP contribution in [-0.2, 0) is 0 Å². The minimum Gasteiger partial charge on any atom is -0.471 e. The fourth-order valence-electron chi connectivity index (χ4n) is 2.74. The maximum atomic E-state index is 12.9. The highest BCUT2D eigenvalue weighted by Crippen LogP contribution is 2.21. The van der Waals surface area contributed by atoms with E-state index in [1.807, 2.05) is 36.4 Å². The van der Waals surface area contributed by atoms with E-state index in [4.69, 9.17) is 4.74 Å². The lowest BCUT2D eigenvalue weighted by Gasteiger charge is -2.38. The molecule has 0 aliphatic carbocycles. The topological polar surface area (TPSA) is 42.4 Å². The first kappa shape index (κ1) is 14.6. The predicted octanol–water partition coefficient (Wildman–Crippen LogP) is 3.28. The summed E-state index contributed by atoms with van der Waals surface area (Å²) < 4.78 is 18.7. The van der Waals surface area contributed by atoms with Gasteiger partial charge in [0.15, 0.2) is 0 Å². The van der Waals surface area contributed by atoms with E-state index in [-0.39, 0.29) is 17.8 Å². The summed E-state index contributed by atoms with van der Waals surface area (Å²) in [5.41, 5.74) is 1.37. The molecular formula is C19H15FN2O2. The number of likely N-dealkylation sites (tertiary alicyclic amines) is 1. The van der Waals surface area contributed by atoms with Gasteiger partial charge in [-0.15, -0.1) is 0 Å². The largest absolute Gasteiger partial charge is 0.471 e. The van der Waals surface area contributed by atoms with Crippen LogP contribution in [0.25, 0.3) is 10.9 Å². The zero-order valence-corrected chi connectivity index (χ0v) is 12.9. The zero-order valence-electron chi connectivity index (χ0n) is 12.9. The van der Waals surface area contributed by atoms with Gasteiger partial charge in [0, 0.05) is 17.0 Å². The van der Waals surface area contributed by atoms with Gasteiger partial charge in [0.05, 0.1) is 18.6 Å². The molecule has 5 heteroatoms. The maximum Gasteiger partial charge on any atom is 0.254 e. The first-order valence-corrected chi connectivity index (χ1v) is 7.76. The van der Waals surface area contributed by atoms with Crippen LogP contribution in [0.5, 0.6) is 5.88 Å². The van der Waals surface area contributed by atoms with E-state index in [1.54, 1.807) is 4.90 Å². The van der Waals surface area contributed by atoms with Gasteiger partial charge in [0.2, 0.25) is 5.88 Å². The number of nitrogens with zero attached hydrogens (tertiary/aromatic N) is 2. The number of carbonyl (C=O) groups is 1. The van der Waals surface area contributed by atoms with Crippen LogP contribution in [0.3, 0.4) is 0 Å². The zero-order chi connectivity index (χ0) is 16.5. The van der Waals surface area contributed by atoms with E-state index in [9.17, 15) is 9.18 Å². The fourth-order valence-corrected chi connectivity index (χ4v) is 2.74. The molecule has 4 rings (SSSR count). The van der Waals surface area contributed by atoms with Crippen molar-refractivity contribution in [2.45, 2.75) is 6.10 Å². The fraction of sp³-hybridized carbons (Fsp3) is 0.158. The van der Waals surface area contributed by atoms with Crippen molar-refractivity contribution in [3.05, 3.63) is 72.0 Å². The number of pyridine rings is 1. The summed E-state index contributed by atoms with van der Waals surface area (Å²) in [5, 5.41) is 1.06. The number of hydrogen-bond acceptors (Lipinski definition) is 3. The predicted molar refractivity (Wildman–Crippen MR) is 88.5 cm³/mol. The quantitative estimate of drug-likeness (QED) is 0.743. The number of ether oxygens (including phenoxy) is 1. The summed E-state index contributed by atoms with van der Waals surface area (Å²) in [6.07, 6.45) is -0.0666. The first-order valence-electron chi connectivity index (χ1n) is 7.76. The average Bonchev–Trinajstić information content (AvgIpc) is 2.58. The van der Waals surface area contributed by atoms with Crippen molar-refractivity contribution in [1.29, 1.82) is 0 Å². The van der Waals surface area contributed by atoms with Gasteiger partial charge in [-0.05, 0) is 36.4 Å². The Morgan fingerprint density at radius 2 is 1.79 bits per heavy atom. The highest BCUT2D eigenvalue weighted by molar-refractivity contribution is 5.94. The van der Waals surface area contributed by atoms with Crippen molar-refractivity contribution < 1.29 is 13.9 Å². The van der Waals surface area contributed by atoms with Crippen LogP contribution in [0.4, 0.5) is 4.39 Å². The van der Waals surface area contributed by atoms with Crippen LogP contribution in [0, 0.1) is 5.82 Å². The van der Waals surface area contributed by atoms with Gasteiger partial charge in [-0.1, -0.05) is 18.2 Å². The second-order valence-electron chi connectivity index (χ2n) is 5.80. The molecule has 24 heavy (non-hydrogen) atoms. The van der Waals surface area contributed by atoms with Gasteiger partial charge in [0.25, 0.3) is 5.91 Å². The third kappa shape index (κ3) is 2.80. The van der Waals surface area contributed by atoms with Crippen molar-refractivity contribution in [3.8, 4) is 5.88 Å². The Morgan fingerprint density at radius 1 is 1.04 bits per heavy atom. The SMILES string of the molecule is O=C(c1ccc(F)cc1)N1CC(Oc2ccc3ccccc3n2)C1. The van der Waals surface area contributed by atoms with Crippen LogP contribution in [0.2, 0.25) is 0 Å². The number of halogens is 1. The molecule has 0 atom stereocenters. The Morgan fingerprint density at radius 3 is 2.58 bits per heavy atom. The van der Waals surface area contributed by atoms with Crippen molar-refractivity contribution in [2.24, 2.45) is 0 Å². The summed E-state index contributed by atoms with van der Waals surface area (Å²) >= 11 is 0. The number of aromatic nitrogens is 1. The summed E-state index contributed by atoms with van der Waals surface area (Å²) in [6, 6.07) is 17.2. The molecular weight excluding hydrogens is 307 g/mol. The van der Waals surface area contributed by atoms with E-state index in [0.29, 0.717) is 24.5 Å². The Balaban J connectivity index is 1.38. The van der Waals surface area contributed by atoms with E-state index < -0.39 is 0 Å². The number of amides is 1. The van der Waals surface area contributed by atoms with Crippen molar-refractivity contribution in [2.75, 3.05) is 13.1 Å². The molecule has 0 spiro atoms. The molecule has 0 bridgehead atoms. The molecule has 1 aliphatic rings. The van der Waals surface area contributed by atoms with Gasteiger partial charge >= 0.3 is 0 Å². The summed E-state index contributed by atoms with van der Waals surface area (Å²) in [7, 11) is 0. The van der Waals surface area contributed by atoms with E-state index in [2.05, 4.69) is 4.98 Å². The third-order valence-corrected chi connectivity index (χ3v) is 4.09. The molecule has 3 aromatic rings. The highest BCUT2D eigenvalue weighted by Gasteiger charge is 2.33. The molecule has 1 aliphatic heterocycles. The first-order chi connectivity index (χ1) is 11.7. The molecule has 1 amide bonds. The Bertz CT molecular complexity index is 889. The van der Waals surface area contributed by atoms with Gasteiger partial charge < -0.3 is 9.64 Å². The van der Waals surface area contributed by atoms with Crippen molar-refractivity contribution in [3.63, 3.8) is 0 Å². The number of para-hydroxylation sites is 1.